The van der Waals surface area contributed by atoms with Gasteiger partial charge in [0.2, 0.25) is 11.5 Å². The van der Waals surface area contributed by atoms with Crippen LogP contribution in [-0.4, -0.2) is 20.3 Å². The molecule has 3 aromatic rings. The van der Waals surface area contributed by atoms with Crippen LogP contribution in [0.15, 0.2) is 48.8 Å². The molecule has 1 heterocycles. The highest BCUT2D eigenvalue weighted by Crippen LogP contribution is 2.34. The molecular formula is C18H11FN4O4. The number of aromatic nitrogens is 2. The summed E-state index contributed by atoms with van der Waals surface area (Å²) in [5.74, 6) is -1.57. The second-order valence-corrected chi connectivity index (χ2v) is 5.46. The van der Waals surface area contributed by atoms with Gasteiger partial charge in [0, 0.05) is 31.1 Å². The van der Waals surface area contributed by atoms with Gasteiger partial charge in [-0.3, -0.25) is 14.9 Å². The van der Waals surface area contributed by atoms with E-state index in [1.165, 1.54) is 35.0 Å². The Kier molecular flexibility index (Phi) is 4.64. The first-order valence-corrected chi connectivity index (χ1v) is 7.59. The van der Waals surface area contributed by atoms with Gasteiger partial charge >= 0.3 is 5.69 Å². The first-order valence-electron chi connectivity index (χ1n) is 7.59. The van der Waals surface area contributed by atoms with Crippen LogP contribution in [0, 0.1) is 27.3 Å². The minimum absolute atomic E-state index is 0.0445. The largest absolute Gasteiger partial charge is 0.449 e. The maximum Gasteiger partial charge on any atom is 0.312 e. The summed E-state index contributed by atoms with van der Waals surface area (Å²) in [6.45, 7) is 0. The van der Waals surface area contributed by atoms with Crippen molar-refractivity contribution in [3.8, 4) is 17.6 Å². The van der Waals surface area contributed by atoms with E-state index in [4.69, 9.17) is 10.00 Å². The molecule has 0 aliphatic carbocycles. The molecule has 0 amide bonds. The number of ether oxygens (including phenoxy) is 1. The Morgan fingerprint density at radius 3 is 2.74 bits per heavy atom. The normalized spacial score (nSPS) is 10.3. The van der Waals surface area contributed by atoms with E-state index in [2.05, 4.69) is 4.98 Å². The fourth-order valence-corrected chi connectivity index (χ4v) is 2.42. The van der Waals surface area contributed by atoms with E-state index >= 15 is 0 Å². The number of nitriles is 1. The van der Waals surface area contributed by atoms with Crippen molar-refractivity contribution in [3.63, 3.8) is 0 Å². The third kappa shape index (κ3) is 3.36. The van der Waals surface area contributed by atoms with Crippen LogP contribution in [-0.2, 0) is 7.05 Å². The molecule has 3 rings (SSSR count). The van der Waals surface area contributed by atoms with Crippen LogP contribution < -0.4 is 4.74 Å². The number of aryl methyl sites for hydroxylation is 1. The van der Waals surface area contributed by atoms with Crippen molar-refractivity contribution < 1.29 is 18.8 Å². The molecule has 0 saturated carbocycles. The van der Waals surface area contributed by atoms with E-state index in [1.807, 2.05) is 0 Å². The molecule has 0 aliphatic heterocycles. The van der Waals surface area contributed by atoms with Gasteiger partial charge in [-0.25, -0.2) is 9.37 Å². The predicted octanol–water partition coefficient (Wildman–Crippen LogP) is 3.36. The molecule has 0 bridgehead atoms. The number of nitro benzene ring substituents is 1. The summed E-state index contributed by atoms with van der Waals surface area (Å²) < 4.78 is 20.6. The fraction of sp³-hybridized carbons (Fsp3) is 0.0556. The zero-order valence-electron chi connectivity index (χ0n) is 13.9. The monoisotopic (exact) mass is 366 g/mol. The average Bonchev–Trinajstić information content (AvgIpc) is 3.07. The standard InChI is InChI=1S/C18H11FN4O4/c1-22-8-7-21-18(22)17(24)11-5-6-16(14(9-11)23(25)26)27-15-4-2-3-13(19)12(15)10-20/h2-9H,1H3. The Labute approximate surface area is 152 Å². The molecule has 0 N–H and O–H groups in total. The van der Waals surface area contributed by atoms with Gasteiger partial charge in [-0.05, 0) is 24.3 Å². The Morgan fingerprint density at radius 2 is 2.11 bits per heavy atom. The number of rotatable bonds is 5. The van der Waals surface area contributed by atoms with Gasteiger partial charge in [0.05, 0.1) is 4.92 Å². The predicted molar refractivity (Wildman–Crippen MR) is 90.9 cm³/mol. The number of carbonyl (C=O) groups is 1. The van der Waals surface area contributed by atoms with Crippen LogP contribution in [0.4, 0.5) is 10.1 Å². The third-order valence-corrected chi connectivity index (χ3v) is 3.75. The molecule has 0 unspecified atom stereocenters. The number of halogens is 1. The summed E-state index contributed by atoms with van der Waals surface area (Å²) in [5.41, 5.74) is -0.828. The number of benzene rings is 2. The molecule has 0 atom stereocenters. The lowest BCUT2D eigenvalue weighted by atomic mass is 10.1. The van der Waals surface area contributed by atoms with Crippen molar-refractivity contribution in [2.75, 3.05) is 0 Å². The van der Waals surface area contributed by atoms with Crippen molar-refractivity contribution in [3.05, 3.63) is 81.7 Å². The lowest BCUT2D eigenvalue weighted by Crippen LogP contribution is -2.09. The molecule has 1 aromatic heterocycles. The first-order chi connectivity index (χ1) is 12.9. The van der Waals surface area contributed by atoms with E-state index in [0.29, 0.717) is 0 Å². The lowest BCUT2D eigenvalue weighted by Gasteiger charge is -2.09. The molecule has 8 nitrogen and oxygen atoms in total. The van der Waals surface area contributed by atoms with Crippen LogP contribution in [0.25, 0.3) is 0 Å². The highest BCUT2D eigenvalue weighted by molar-refractivity contribution is 6.07. The minimum atomic E-state index is -0.806. The zero-order valence-corrected chi connectivity index (χ0v) is 13.9. The van der Waals surface area contributed by atoms with Crippen LogP contribution in [0.3, 0.4) is 0 Å². The summed E-state index contributed by atoms with van der Waals surface area (Å²) >= 11 is 0. The molecule has 134 valence electrons. The maximum atomic E-state index is 13.7. The van der Waals surface area contributed by atoms with E-state index in [0.717, 1.165) is 12.1 Å². The van der Waals surface area contributed by atoms with Crippen molar-refractivity contribution in [1.29, 1.82) is 5.26 Å². The summed E-state index contributed by atoms with van der Waals surface area (Å²) in [5, 5.41) is 20.5. The first kappa shape index (κ1) is 17.8. The smallest absolute Gasteiger partial charge is 0.312 e. The highest BCUT2D eigenvalue weighted by atomic mass is 19.1. The molecule has 9 heteroatoms. The number of imidazole rings is 1. The van der Waals surface area contributed by atoms with Gasteiger partial charge in [-0.1, -0.05) is 6.07 Å². The molecule has 27 heavy (non-hydrogen) atoms. The number of hydrogen-bond acceptors (Lipinski definition) is 6. The second-order valence-electron chi connectivity index (χ2n) is 5.46. The Bertz CT molecular complexity index is 1100. The lowest BCUT2D eigenvalue weighted by molar-refractivity contribution is -0.385. The molecule has 0 fully saturated rings. The van der Waals surface area contributed by atoms with Gasteiger partial charge in [0.15, 0.2) is 5.82 Å². The number of hydrogen-bond donors (Lipinski definition) is 0. The van der Waals surface area contributed by atoms with E-state index < -0.39 is 22.2 Å². The Hall–Kier alpha value is -4.06. The van der Waals surface area contributed by atoms with Crippen molar-refractivity contribution >= 4 is 11.5 Å². The Balaban J connectivity index is 2.02. The van der Waals surface area contributed by atoms with E-state index in [9.17, 15) is 19.3 Å². The van der Waals surface area contributed by atoms with E-state index in [1.54, 1.807) is 19.3 Å². The number of carbonyl (C=O) groups excluding carboxylic acids is 1. The number of nitrogens with zero attached hydrogens (tertiary/aromatic N) is 4. The maximum absolute atomic E-state index is 13.7. The molecule has 0 radical (unpaired) electrons. The van der Waals surface area contributed by atoms with Gasteiger partial charge in [0.25, 0.3) is 0 Å². The van der Waals surface area contributed by atoms with Crippen LogP contribution >= 0.6 is 0 Å². The van der Waals surface area contributed by atoms with E-state index in [-0.39, 0.29) is 28.5 Å². The average molecular weight is 366 g/mol. The van der Waals surface area contributed by atoms with Crippen LogP contribution in [0.1, 0.15) is 21.7 Å². The topological polar surface area (TPSA) is 111 Å². The summed E-state index contributed by atoms with van der Waals surface area (Å²) in [6, 6.07) is 8.98. The molecule has 0 aliphatic rings. The fourth-order valence-electron chi connectivity index (χ4n) is 2.42. The summed E-state index contributed by atoms with van der Waals surface area (Å²) in [4.78, 5) is 27.1. The molecule has 0 spiro atoms. The van der Waals surface area contributed by atoms with Gasteiger partial charge in [-0.2, -0.15) is 5.26 Å². The summed E-state index contributed by atoms with van der Waals surface area (Å²) in [6.07, 6.45) is 3.01. The molecule has 2 aromatic carbocycles. The van der Waals surface area contributed by atoms with Crippen LogP contribution in [0.5, 0.6) is 11.5 Å². The zero-order chi connectivity index (χ0) is 19.6. The Morgan fingerprint density at radius 1 is 1.33 bits per heavy atom. The van der Waals surface area contributed by atoms with Crippen molar-refractivity contribution in [2.24, 2.45) is 7.05 Å². The summed E-state index contributed by atoms with van der Waals surface area (Å²) in [7, 11) is 1.62. The molecule has 0 saturated heterocycles. The second kappa shape index (κ2) is 7.05. The number of nitro groups is 1. The minimum Gasteiger partial charge on any atom is -0.449 e. The quantitative estimate of drug-likeness (QED) is 0.389. The number of ketones is 1. The highest BCUT2D eigenvalue weighted by Gasteiger charge is 2.23. The molecular weight excluding hydrogens is 355 g/mol. The SMILES string of the molecule is Cn1ccnc1C(=O)c1ccc(Oc2cccc(F)c2C#N)c([N+](=O)[O-])c1. The van der Waals surface area contributed by atoms with Crippen molar-refractivity contribution in [1.82, 2.24) is 9.55 Å². The van der Waals surface area contributed by atoms with Crippen LogP contribution in [0.2, 0.25) is 0 Å². The van der Waals surface area contributed by atoms with Gasteiger partial charge in [0.1, 0.15) is 23.2 Å². The van der Waals surface area contributed by atoms with Gasteiger partial charge < -0.3 is 9.30 Å². The van der Waals surface area contributed by atoms with Crippen molar-refractivity contribution in [2.45, 2.75) is 0 Å². The van der Waals surface area contributed by atoms with Gasteiger partial charge in [-0.15, -0.1) is 0 Å². The third-order valence-electron chi connectivity index (χ3n) is 3.75.